The normalized spacial score (nSPS) is 21.7. The zero-order valence-corrected chi connectivity index (χ0v) is 16.4. The average molecular weight is 388 g/mol. The predicted molar refractivity (Wildman–Crippen MR) is 104 cm³/mol. The summed E-state index contributed by atoms with van der Waals surface area (Å²) in [4.78, 5) is 14.9. The monoisotopic (exact) mass is 387 g/mol. The second-order valence-corrected chi connectivity index (χ2v) is 8.97. The van der Waals surface area contributed by atoms with Gasteiger partial charge in [-0.2, -0.15) is 0 Å². The number of ether oxygens (including phenoxy) is 1. The van der Waals surface area contributed by atoms with Gasteiger partial charge in [-0.15, -0.1) is 0 Å². The lowest BCUT2D eigenvalue weighted by Crippen LogP contribution is -2.43. The topological polar surface area (TPSA) is 63.7 Å². The van der Waals surface area contributed by atoms with E-state index < -0.39 is 15.9 Å². The van der Waals surface area contributed by atoms with Crippen LogP contribution >= 0.6 is 0 Å². The van der Waals surface area contributed by atoms with E-state index in [0.29, 0.717) is 17.9 Å². The van der Waals surface area contributed by atoms with Crippen molar-refractivity contribution < 1.29 is 17.9 Å². The van der Waals surface area contributed by atoms with Crippen LogP contribution in [-0.2, 0) is 19.4 Å². The Labute approximate surface area is 160 Å². The fourth-order valence-electron chi connectivity index (χ4n) is 3.87. The Hall–Kier alpha value is -2.18. The maximum atomic E-state index is 12.8. The molecule has 27 heavy (non-hydrogen) atoms. The quantitative estimate of drug-likeness (QED) is 0.713. The minimum absolute atomic E-state index is 0.000251. The standard InChI is InChI=1S/C21H25NO4S/c1-16(17-9-5-3-6-10-17)22-14-13-18(20(22)21(23)26-2)15-27(24,25)19-11-7-4-8-12-19/h3-12,16,18,20H,13-15H2,1-2H3/t16-,18-,20-/m0/s1. The number of carbonyl (C=O) groups is 1. The van der Waals surface area contributed by atoms with Crippen molar-refractivity contribution in [2.75, 3.05) is 19.4 Å². The molecule has 2 aromatic rings. The van der Waals surface area contributed by atoms with Gasteiger partial charge in [-0.05, 0) is 37.6 Å². The molecule has 3 rings (SSSR count). The first-order chi connectivity index (χ1) is 12.9. The summed E-state index contributed by atoms with van der Waals surface area (Å²) in [6.45, 7) is 2.70. The molecule has 1 fully saturated rings. The summed E-state index contributed by atoms with van der Waals surface area (Å²) in [5, 5.41) is 0. The molecule has 0 N–H and O–H groups in total. The third-order valence-corrected chi connectivity index (χ3v) is 7.18. The molecule has 0 aromatic heterocycles. The van der Waals surface area contributed by atoms with Gasteiger partial charge in [0.2, 0.25) is 0 Å². The van der Waals surface area contributed by atoms with Crippen LogP contribution in [-0.4, -0.2) is 44.7 Å². The highest BCUT2D eigenvalue weighted by Crippen LogP contribution is 2.35. The number of nitrogens with zero attached hydrogens (tertiary/aromatic N) is 1. The minimum atomic E-state index is -3.47. The summed E-state index contributed by atoms with van der Waals surface area (Å²) in [6.07, 6.45) is 0.642. The Morgan fingerprint density at radius 3 is 2.30 bits per heavy atom. The second kappa shape index (κ2) is 8.23. The Morgan fingerprint density at radius 2 is 1.70 bits per heavy atom. The van der Waals surface area contributed by atoms with Crippen molar-refractivity contribution >= 4 is 15.8 Å². The molecule has 0 spiro atoms. The number of likely N-dealkylation sites (tertiary alicyclic amines) is 1. The van der Waals surface area contributed by atoms with Gasteiger partial charge < -0.3 is 4.74 Å². The molecule has 2 aromatic carbocycles. The summed E-state index contributed by atoms with van der Waals surface area (Å²) >= 11 is 0. The van der Waals surface area contributed by atoms with E-state index in [4.69, 9.17) is 4.74 Å². The van der Waals surface area contributed by atoms with Crippen LogP contribution in [0.4, 0.5) is 0 Å². The zero-order valence-electron chi connectivity index (χ0n) is 15.6. The zero-order chi connectivity index (χ0) is 19.4. The number of esters is 1. The lowest BCUT2D eigenvalue weighted by atomic mass is 10.0. The van der Waals surface area contributed by atoms with Crippen molar-refractivity contribution in [1.29, 1.82) is 0 Å². The molecule has 0 saturated carbocycles. The summed E-state index contributed by atoms with van der Waals surface area (Å²) in [7, 11) is -2.11. The van der Waals surface area contributed by atoms with E-state index in [1.165, 1.54) is 7.11 Å². The number of carbonyl (C=O) groups excluding carboxylic acids is 1. The van der Waals surface area contributed by atoms with Crippen LogP contribution in [0.5, 0.6) is 0 Å². The van der Waals surface area contributed by atoms with Crippen molar-refractivity contribution in [3.8, 4) is 0 Å². The Bertz CT molecular complexity index is 868. The molecule has 1 saturated heterocycles. The molecule has 0 aliphatic carbocycles. The summed E-state index contributed by atoms with van der Waals surface area (Å²) < 4.78 is 30.7. The van der Waals surface area contributed by atoms with Gasteiger partial charge >= 0.3 is 5.97 Å². The summed E-state index contributed by atoms with van der Waals surface area (Å²) in [6, 6.07) is 17.8. The van der Waals surface area contributed by atoms with Crippen LogP contribution < -0.4 is 0 Å². The molecular weight excluding hydrogens is 362 g/mol. The van der Waals surface area contributed by atoms with Gasteiger partial charge in [0.1, 0.15) is 6.04 Å². The van der Waals surface area contributed by atoms with E-state index in [1.807, 2.05) is 37.3 Å². The molecule has 0 amide bonds. The number of sulfone groups is 1. The molecule has 6 heteroatoms. The van der Waals surface area contributed by atoms with Gasteiger partial charge in [-0.25, -0.2) is 8.42 Å². The molecular formula is C21H25NO4S. The molecule has 0 unspecified atom stereocenters. The number of methoxy groups -OCH3 is 1. The molecule has 0 radical (unpaired) electrons. The van der Waals surface area contributed by atoms with Crippen molar-refractivity contribution in [1.82, 2.24) is 4.90 Å². The fraction of sp³-hybridized carbons (Fsp3) is 0.381. The first-order valence-corrected chi connectivity index (χ1v) is 10.8. The van der Waals surface area contributed by atoms with E-state index in [0.717, 1.165) is 5.56 Å². The first kappa shape index (κ1) is 19.6. The fourth-order valence-corrected chi connectivity index (χ4v) is 5.55. The maximum absolute atomic E-state index is 12.8. The van der Waals surface area contributed by atoms with E-state index in [9.17, 15) is 13.2 Å². The number of rotatable bonds is 6. The number of hydrogen-bond acceptors (Lipinski definition) is 5. The van der Waals surface area contributed by atoms with Gasteiger partial charge in [0.15, 0.2) is 9.84 Å². The van der Waals surface area contributed by atoms with E-state index in [1.54, 1.807) is 30.3 Å². The molecule has 0 bridgehead atoms. The van der Waals surface area contributed by atoms with E-state index in [2.05, 4.69) is 4.90 Å². The van der Waals surface area contributed by atoms with Gasteiger partial charge in [0, 0.05) is 12.0 Å². The number of hydrogen-bond donors (Lipinski definition) is 0. The highest BCUT2D eigenvalue weighted by Gasteiger charge is 2.44. The first-order valence-electron chi connectivity index (χ1n) is 9.10. The molecule has 3 atom stereocenters. The van der Waals surface area contributed by atoms with E-state index in [-0.39, 0.29) is 23.7 Å². The van der Waals surface area contributed by atoms with Crippen LogP contribution in [0.3, 0.4) is 0 Å². The van der Waals surface area contributed by atoms with Crippen molar-refractivity contribution in [3.63, 3.8) is 0 Å². The van der Waals surface area contributed by atoms with Gasteiger partial charge in [0.05, 0.1) is 17.8 Å². The van der Waals surface area contributed by atoms with Gasteiger partial charge in [-0.1, -0.05) is 48.5 Å². The third kappa shape index (κ3) is 4.22. The lowest BCUT2D eigenvalue weighted by Gasteiger charge is -2.31. The largest absolute Gasteiger partial charge is 0.468 e. The summed E-state index contributed by atoms with van der Waals surface area (Å²) in [5.74, 6) is -0.730. The Kier molecular flexibility index (Phi) is 5.97. The number of benzene rings is 2. The molecule has 1 heterocycles. The Balaban J connectivity index is 1.85. The van der Waals surface area contributed by atoms with Crippen LogP contribution in [0.1, 0.15) is 24.9 Å². The maximum Gasteiger partial charge on any atom is 0.323 e. The highest BCUT2D eigenvalue weighted by atomic mass is 32.2. The van der Waals surface area contributed by atoms with Gasteiger partial charge in [-0.3, -0.25) is 9.69 Å². The molecule has 1 aliphatic rings. The lowest BCUT2D eigenvalue weighted by molar-refractivity contribution is -0.147. The Morgan fingerprint density at radius 1 is 1.11 bits per heavy atom. The van der Waals surface area contributed by atoms with Crippen LogP contribution in [0.25, 0.3) is 0 Å². The van der Waals surface area contributed by atoms with Crippen molar-refractivity contribution in [2.24, 2.45) is 5.92 Å². The highest BCUT2D eigenvalue weighted by molar-refractivity contribution is 7.91. The molecule has 144 valence electrons. The minimum Gasteiger partial charge on any atom is -0.468 e. The van der Waals surface area contributed by atoms with Crippen LogP contribution in [0.2, 0.25) is 0 Å². The smallest absolute Gasteiger partial charge is 0.323 e. The molecule has 5 nitrogen and oxygen atoms in total. The van der Waals surface area contributed by atoms with Crippen molar-refractivity contribution in [3.05, 3.63) is 66.2 Å². The molecule has 1 aliphatic heterocycles. The third-order valence-electron chi connectivity index (χ3n) is 5.32. The average Bonchev–Trinajstić information content (AvgIpc) is 3.11. The van der Waals surface area contributed by atoms with Gasteiger partial charge in [0.25, 0.3) is 0 Å². The van der Waals surface area contributed by atoms with Crippen LogP contribution in [0, 0.1) is 5.92 Å². The van der Waals surface area contributed by atoms with E-state index >= 15 is 0 Å². The van der Waals surface area contributed by atoms with Crippen LogP contribution in [0.15, 0.2) is 65.6 Å². The van der Waals surface area contributed by atoms with Crippen molar-refractivity contribution in [2.45, 2.75) is 30.3 Å². The summed E-state index contributed by atoms with van der Waals surface area (Å²) in [5.41, 5.74) is 1.10. The SMILES string of the molecule is COC(=O)[C@@H]1[C@H](CS(=O)(=O)c2ccccc2)CCN1[C@@H](C)c1ccccc1. The second-order valence-electron chi connectivity index (χ2n) is 6.94. The predicted octanol–water partition coefficient (Wildman–Crippen LogP) is 3.09.